The lowest BCUT2D eigenvalue weighted by Crippen LogP contribution is -2.35. The van der Waals surface area contributed by atoms with Crippen LogP contribution in [0.25, 0.3) is 10.9 Å². The number of fused-ring (bicyclic) bond motifs is 1. The van der Waals surface area contributed by atoms with Gasteiger partial charge in [0.25, 0.3) is 0 Å². The second-order valence-corrected chi connectivity index (χ2v) is 7.92. The summed E-state index contributed by atoms with van der Waals surface area (Å²) in [5.41, 5.74) is 3.31. The summed E-state index contributed by atoms with van der Waals surface area (Å²) in [6, 6.07) is 11.4. The number of phenolic OH excluding ortho intramolecular Hbond substituents is 2. The molecule has 0 bridgehead atoms. The summed E-state index contributed by atoms with van der Waals surface area (Å²) in [6.45, 7) is 8.84. The van der Waals surface area contributed by atoms with Crippen LogP contribution in [0.4, 0.5) is 5.69 Å². The maximum absolute atomic E-state index is 10.6. The van der Waals surface area contributed by atoms with E-state index in [9.17, 15) is 10.2 Å². The van der Waals surface area contributed by atoms with Crippen LogP contribution in [0.3, 0.4) is 0 Å². The highest BCUT2D eigenvalue weighted by molar-refractivity contribution is 7.80. The van der Waals surface area contributed by atoms with Crippen molar-refractivity contribution in [1.29, 1.82) is 0 Å². The summed E-state index contributed by atoms with van der Waals surface area (Å²) in [5, 5.41) is 21.9. The third kappa shape index (κ3) is 3.85. The molecule has 2 N–H and O–H groups in total. The van der Waals surface area contributed by atoms with E-state index >= 15 is 0 Å². The lowest BCUT2D eigenvalue weighted by Gasteiger charge is -2.26. The summed E-state index contributed by atoms with van der Waals surface area (Å²) in [5.74, 6) is 0.669. The van der Waals surface area contributed by atoms with E-state index in [4.69, 9.17) is 12.2 Å². The molecule has 29 heavy (non-hydrogen) atoms. The maximum Gasteiger partial charge on any atom is 0.143 e. The highest BCUT2D eigenvalue weighted by atomic mass is 32.1. The van der Waals surface area contributed by atoms with Gasteiger partial charge in [0.1, 0.15) is 17.3 Å². The molecule has 0 radical (unpaired) electrons. The Balaban J connectivity index is 2.16. The second kappa shape index (κ2) is 8.25. The first kappa shape index (κ1) is 20.9. The van der Waals surface area contributed by atoms with Crippen LogP contribution in [0.5, 0.6) is 11.5 Å². The number of aromatic nitrogens is 1. The minimum absolute atomic E-state index is 0.0352. The van der Waals surface area contributed by atoms with Crippen molar-refractivity contribution in [3.8, 4) is 11.5 Å². The summed E-state index contributed by atoms with van der Waals surface area (Å²) < 4.78 is 2.18. The quantitative estimate of drug-likeness (QED) is 0.343. The van der Waals surface area contributed by atoms with E-state index in [1.807, 2.05) is 31.7 Å². The van der Waals surface area contributed by atoms with Gasteiger partial charge in [-0.05, 0) is 55.7 Å². The zero-order valence-corrected chi connectivity index (χ0v) is 18.3. The van der Waals surface area contributed by atoms with E-state index in [0.717, 1.165) is 28.7 Å². The Morgan fingerprint density at radius 1 is 1.14 bits per heavy atom. The number of aryl methyl sites for hydroxylation is 1. The maximum atomic E-state index is 10.6. The number of thiocarbonyl (C=S) groups is 1. The van der Waals surface area contributed by atoms with Crippen LogP contribution in [-0.2, 0) is 6.54 Å². The third-order valence-corrected chi connectivity index (χ3v) is 5.28. The molecular formula is C23H27N3O2S. The normalized spacial score (nSPS) is 12.0. The molecule has 0 saturated heterocycles. The van der Waals surface area contributed by atoms with Gasteiger partial charge in [-0.2, -0.15) is 0 Å². The summed E-state index contributed by atoms with van der Waals surface area (Å²) in [4.78, 5) is 6.92. The first-order valence-electron chi connectivity index (χ1n) is 9.71. The molecule has 152 valence electrons. The molecular weight excluding hydrogens is 382 g/mol. The standard InChI is InChI=1S/C23H27N3O2S/c1-6-25-10-9-16-11-17(7-8-20(16)25)26(15(4)29)23(24-5)19-12-18(14(2)3)21(27)13-22(19)28/h7-14,27-28H,6H2,1-5H3. The molecule has 6 heteroatoms. The summed E-state index contributed by atoms with van der Waals surface area (Å²) >= 11 is 5.55. The van der Waals surface area contributed by atoms with E-state index in [-0.39, 0.29) is 17.4 Å². The van der Waals surface area contributed by atoms with Crippen molar-refractivity contribution in [2.24, 2.45) is 4.99 Å². The van der Waals surface area contributed by atoms with Crippen molar-refractivity contribution in [3.63, 3.8) is 0 Å². The molecule has 0 aliphatic rings. The Bertz CT molecular complexity index is 1100. The van der Waals surface area contributed by atoms with Crippen molar-refractivity contribution < 1.29 is 10.2 Å². The van der Waals surface area contributed by atoms with Crippen LogP contribution in [0, 0.1) is 0 Å². The molecule has 0 aliphatic heterocycles. The number of aliphatic imine (C=N–C) groups is 1. The van der Waals surface area contributed by atoms with Crippen LogP contribution in [-0.4, -0.2) is 32.7 Å². The van der Waals surface area contributed by atoms with E-state index in [1.54, 1.807) is 13.1 Å². The first-order valence-corrected chi connectivity index (χ1v) is 10.1. The van der Waals surface area contributed by atoms with E-state index in [2.05, 4.69) is 40.9 Å². The van der Waals surface area contributed by atoms with Gasteiger partial charge in [-0.25, -0.2) is 0 Å². The molecule has 0 aliphatic carbocycles. The predicted octanol–water partition coefficient (Wildman–Crippen LogP) is 5.43. The van der Waals surface area contributed by atoms with Gasteiger partial charge in [0.05, 0.1) is 10.6 Å². The average molecular weight is 410 g/mol. The Hall–Kier alpha value is -2.86. The molecule has 0 atom stereocenters. The number of hydrogen-bond acceptors (Lipinski definition) is 4. The molecule has 0 amide bonds. The van der Waals surface area contributed by atoms with Gasteiger partial charge in [-0.1, -0.05) is 26.1 Å². The number of hydrogen-bond donors (Lipinski definition) is 2. The second-order valence-electron chi connectivity index (χ2n) is 7.33. The monoisotopic (exact) mass is 409 g/mol. The molecule has 0 fully saturated rings. The van der Waals surface area contributed by atoms with Crippen molar-refractivity contribution in [1.82, 2.24) is 4.57 Å². The van der Waals surface area contributed by atoms with E-state index in [0.29, 0.717) is 16.4 Å². The SMILES string of the molecule is CCn1ccc2cc(N(C(C)=S)C(=NC)c3cc(C(C)C)c(O)cc3O)ccc21. The highest BCUT2D eigenvalue weighted by Crippen LogP contribution is 2.34. The van der Waals surface area contributed by atoms with Crippen molar-refractivity contribution >= 4 is 39.6 Å². The third-order valence-electron chi connectivity index (χ3n) is 5.10. The number of rotatable bonds is 4. The van der Waals surface area contributed by atoms with Crippen molar-refractivity contribution in [3.05, 3.63) is 53.7 Å². The van der Waals surface area contributed by atoms with E-state index < -0.39 is 0 Å². The number of benzene rings is 2. The molecule has 0 spiro atoms. The number of phenols is 2. The first-order chi connectivity index (χ1) is 13.8. The average Bonchev–Trinajstić information content (AvgIpc) is 3.08. The van der Waals surface area contributed by atoms with Crippen LogP contribution in [0.1, 0.15) is 44.7 Å². The number of anilines is 1. The Labute approximate surface area is 176 Å². The van der Waals surface area contributed by atoms with Gasteiger partial charge in [-0.3, -0.25) is 9.89 Å². The fourth-order valence-electron chi connectivity index (χ4n) is 3.63. The molecule has 2 aromatic carbocycles. The minimum Gasteiger partial charge on any atom is -0.508 e. The predicted molar refractivity (Wildman–Crippen MR) is 125 cm³/mol. The molecule has 5 nitrogen and oxygen atoms in total. The number of aromatic hydroxyl groups is 2. The molecule has 3 rings (SSSR count). The number of amidine groups is 1. The topological polar surface area (TPSA) is 61.0 Å². The lowest BCUT2D eigenvalue weighted by atomic mass is 9.98. The van der Waals surface area contributed by atoms with Crippen LogP contribution in [0.15, 0.2) is 47.6 Å². The molecule has 0 saturated carbocycles. The van der Waals surface area contributed by atoms with E-state index in [1.165, 1.54) is 6.07 Å². The smallest absolute Gasteiger partial charge is 0.143 e. The van der Waals surface area contributed by atoms with Gasteiger partial charge in [0.2, 0.25) is 0 Å². The van der Waals surface area contributed by atoms with Gasteiger partial charge in [-0.15, -0.1) is 0 Å². The van der Waals surface area contributed by atoms with Gasteiger partial charge in [0.15, 0.2) is 0 Å². The summed E-state index contributed by atoms with van der Waals surface area (Å²) in [6.07, 6.45) is 2.07. The Morgan fingerprint density at radius 3 is 2.45 bits per heavy atom. The molecule has 3 aromatic rings. The van der Waals surface area contributed by atoms with Gasteiger partial charge >= 0.3 is 0 Å². The van der Waals surface area contributed by atoms with Gasteiger partial charge < -0.3 is 14.8 Å². The Kier molecular flexibility index (Phi) is 5.94. The minimum atomic E-state index is -0.0352. The fraction of sp³-hybridized carbons (Fsp3) is 0.304. The van der Waals surface area contributed by atoms with Crippen LogP contribution < -0.4 is 4.90 Å². The molecule has 1 aromatic heterocycles. The van der Waals surface area contributed by atoms with Gasteiger partial charge in [0, 0.05) is 42.4 Å². The number of nitrogens with zero attached hydrogens (tertiary/aromatic N) is 3. The molecule has 0 unspecified atom stereocenters. The lowest BCUT2D eigenvalue weighted by molar-refractivity contribution is 0.443. The highest BCUT2D eigenvalue weighted by Gasteiger charge is 2.23. The largest absolute Gasteiger partial charge is 0.508 e. The molecule has 1 heterocycles. The van der Waals surface area contributed by atoms with Crippen molar-refractivity contribution in [2.75, 3.05) is 11.9 Å². The van der Waals surface area contributed by atoms with Crippen LogP contribution in [0.2, 0.25) is 0 Å². The zero-order valence-electron chi connectivity index (χ0n) is 17.5. The van der Waals surface area contributed by atoms with Crippen LogP contribution >= 0.6 is 12.2 Å². The fourth-order valence-corrected chi connectivity index (χ4v) is 3.82. The summed E-state index contributed by atoms with van der Waals surface area (Å²) in [7, 11) is 1.67. The zero-order chi connectivity index (χ0) is 21.3. The van der Waals surface area contributed by atoms with Crippen molar-refractivity contribution in [2.45, 2.75) is 40.2 Å². The Morgan fingerprint density at radius 2 is 1.86 bits per heavy atom.